The Labute approximate surface area is 149 Å². The van der Waals surface area contributed by atoms with Gasteiger partial charge in [-0.1, -0.05) is 18.2 Å². The minimum Gasteiger partial charge on any atom is -0.354 e. The standard InChI is InChI=1S/C19H17N3O2S/c1-13(23)14-4-2-5-15(10-14)21-16-7-8-18(20-12-16)22-19(24)11-17-6-3-9-25-17/h2-10,12,21H,11H2,1H3,(H,20,22,24). The molecular formula is C19H17N3O2S. The number of carbonyl (C=O) groups excluding carboxylic acids is 2. The van der Waals surface area contributed by atoms with Crippen LogP contribution in [0.5, 0.6) is 0 Å². The van der Waals surface area contributed by atoms with Crippen molar-refractivity contribution in [3.05, 3.63) is 70.5 Å². The third kappa shape index (κ3) is 4.74. The smallest absolute Gasteiger partial charge is 0.230 e. The zero-order chi connectivity index (χ0) is 17.6. The molecule has 0 bridgehead atoms. The number of benzene rings is 1. The van der Waals surface area contributed by atoms with Gasteiger partial charge >= 0.3 is 0 Å². The van der Waals surface area contributed by atoms with E-state index in [4.69, 9.17) is 0 Å². The van der Waals surface area contributed by atoms with Crippen LogP contribution in [0.1, 0.15) is 22.2 Å². The summed E-state index contributed by atoms with van der Waals surface area (Å²) in [6, 6.07) is 14.7. The Hall–Kier alpha value is -2.99. The molecule has 0 spiro atoms. The summed E-state index contributed by atoms with van der Waals surface area (Å²) in [6.45, 7) is 1.54. The first kappa shape index (κ1) is 16.9. The van der Waals surface area contributed by atoms with Crippen molar-refractivity contribution in [2.24, 2.45) is 0 Å². The molecule has 0 atom stereocenters. The van der Waals surface area contributed by atoms with Gasteiger partial charge in [-0.05, 0) is 42.6 Å². The van der Waals surface area contributed by atoms with E-state index in [2.05, 4.69) is 15.6 Å². The number of nitrogens with one attached hydrogen (secondary N) is 2. The molecule has 1 aromatic carbocycles. The van der Waals surface area contributed by atoms with Gasteiger partial charge in [0.2, 0.25) is 5.91 Å². The van der Waals surface area contributed by atoms with Crippen molar-refractivity contribution < 1.29 is 9.59 Å². The number of anilines is 3. The topological polar surface area (TPSA) is 71.1 Å². The van der Waals surface area contributed by atoms with Gasteiger partial charge in [0.1, 0.15) is 5.82 Å². The van der Waals surface area contributed by atoms with Gasteiger partial charge in [0.05, 0.1) is 18.3 Å². The molecule has 2 heterocycles. The summed E-state index contributed by atoms with van der Waals surface area (Å²) in [6.07, 6.45) is 1.98. The normalized spacial score (nSPS) is 10.3. The lowest BCUT2D eigenvalue weighted by Gasteiger charge is -2.08. The first-order valence-corrected chi connectivity index (χ1v) is 8.64. The van der Waals surface area contributed by atoms with Crippen molar-refractivity contribution in [1.29, 1.82) is 0 Å². The van der Waals surface area contributed by atoms with Crippen LogP contribution >= 0.6 is 11.3 Å². The number of pyridine rings is 1. The maximum Gasteiger partial charge on any atom is 0.230 e. The number of ketones is 1. The molecular weight excluding hydrogens is 334 g/mol. The number of amides is 1. The van der Waals surface area contributed by atoms with Crippen LogP contribution in [-0.2, 0) is 11.2 Å². The number of thiophene rings is 1. The molecule has 3 aromatic rings. The molecule has 0 aliphatic rings. The van der Waals surface area contributed by atoms with Crippen molar-refractivity contribution in [2.75, 3.05) is 10.6 Å². The number of Topliss-reactive ketones (excluding diaryl/α,β-unsaturated/α-hetero) is 1. The fourth-order valence-electron chi connectivity index (χ4n) is 2.28. The van der Waals surface area contributed by atoms with Crippen molar-refractivity contribution in [3.8, 4) is 0 Å². The van der Waals surface area contributed by atoms with Gasteiger partial charge < -0.3 is 10.6 Å². The molecule has 0 saturated carbocycles. The first-order chi connectivity index (χ1) is 12.1. The Kier molecular flexibility index (Phi) is 5.20. The number of carbonyl (C=O) groups is 2. The van der Waals surface area contributed by atoms with Crippen LogP contribution in [0.3, 0.4) is 0 Å². The molecule has 0 fully saturated rings. The number of hydrogen-bond acceptors (Lipinski definition) is 5. The molecule has 126 valence electrons. The molecule has 0 aliphatic heterocycles. The highest BCUT2D eigenvalue weighted by Gasteiger charge is 2.06. The van der Waals surface area contributed by atoms with Crippen LogP contribution in [0.2, 0.25) is 0 Å². The van der Waals surface area contributed by atoms with E-state index in [1.165, 1.54) is 6.92 Å². The predicted molar refractivity (Wildman–Crippen MR) is 101 cm³/mol. The maximum absolute atomic E-state index is 12.0. The fourth-order valence-corrected chi connectivity index (χ4v) is 2.99. The summed E-state index contributed by atoms with van der Waals surface area (Å²) < 4.78 is 0. The van der Waals surface area contributed by atoms with E-state index in [-0.39, 0.29) is 11.7 Å². The highest BCUT2D eigenvalue weighted by Crippen LogP contribution is 2.19. The highest BCUT2D eigenvalue weighted by molar-refractivity contribution is 7.10. The van der Waals surface area contributed by atoms with E-state index in [9.17, 15) is 9.59 Å². The minimum atomic E-state index is -0.0928. The lowest BCUT2D eigenvalue weighted by atomic mass is 10.1. The summed E-state index contributed by atoms with van der Waals surface area (Å²) >= 11 is 1.55. The molecule has 6 heteroatoms. The molecule has 0 aliphatic carbocycles. The molecule has 0 unspecified atom stereocenters. The zero-order valence-corrected chi connectivity index (χ0v) is 14.5. The molecule has 0 radical (unpaired) electrons. The van der Waals surface area contributed by atoms with Gasteiger partial charge in [-0.25, -0.2) is 4.98 Å². The molecule has 0 saturated heterocycles. The summed E-state index contributed by atoms with van der Waals surface area (Å²) in [5.41, 5.74) is 2.23. The third-order valence-corrected chi connectivity index (χ3v) is 4.38. The highest BCUT2D eigenvalue weighted by atomic mass is 32.1. The molecule has 25 heavy (non-hydrogen) atoms. The Morgan fingerprint density at radius 3 is 2.64 bits per heavy atom. The average Bonchev–Trinajstić information content (AvgIpc) is 3.10. The molecule has 2 aromatic heterocycles. The van der Waals surface area contributed by atoms with Crippen molar-refractivity contribution >= 4 is 40.2 Å². The minimum absolute atomic E-state index is 0.0191. The Morgan fingerprint density at radius 2 is 1.96 bits per heavy atom. The molecule has 1 amide bonds. The fraction of sp³-hybridized carbons (Fsp3) is 0.105. The third-order valence-electron chi connectivity index (χ3n) is 3.50. The van der Waals surface area contributed by atoms with Crippen LogP contribution in [0.25, 0.3) is 0 Å². The quantitative estimate of drug-likeness (QED) is 0.651. The zero-order valence-electron chi connectivity index (χ0n) is 13.7. The monoisotopic (exact) mass is 351 g/mol. The van der Waals surface area contributed by atoms with Gasteiger partial charge in [0.15, 0.2) is 5.78 Å². The van der Waals surface area contributed by atoms with Crippen LogP contribution in [0.15, 0.2) is 60.1 Å². The summed E-state index contributed by atoms with van der Waals surface area (Å²) in [4.78, 5) is 28.7. The van der Waals surface area contributed by atoms with E-state index in [0.29, 0.717) is 17.8 Å². The van der Waals surface area contributed by atoms with E-state index < -0.39 is 0 Å². The maximum atomic E-state index is 12.0. The Morgan fingerprint density at radius 1 is 1.08 bits per heavy atom. The van der Waals surface area contributed by atoms with Crippen LogP contribution in [-0.4, -0.2) is 16.7 Å². The van der Waals surface area contributed by atoms with E-state index >= 15 is 0 Å². The van der Waals surface area contributed by atoms with Crippen molar-refractivity contribution in [2.45, 2.75) is 13.3 Å². The average molecular weight is 351 g/mol. The van der Waals surface area contributed by atoms with Gasteiger partial charge in [0.25, 0.3) is 0 Å². The van der Waals surface area contributed by atoms with Crippen LogP contribution in [0.4, 0.5) is 17.2 Å². The van der Waals surface area contributed by atoms with Crippen LogP contribution in [0, 0.1) is 0 Å². The second-order valence-electron chi connectivity index (χ2n) is 5.50. The lowest BCUT2D eigenvalue weighted by Crippen LogP contribution is -2.14. The number of rotatable bonds is 6. The first-order valence-electron chi connectivity index (χ1n) is 7.76. The largest absolute Gasteiger partial charge is 0.354 e. The van der Waals surface area contributed by atoms with Gasteiger partial charge in [-0.15, -0.1) is 11.3 Å². The SMILES string of the molecule is CC(=O)c1cccc(Nc2ccc(NC(=O)Cc3cccs3)nc2)c1. The van der Waals surface area contributed by atoms with Gasteiger partial charge in [0, 0.05) is 16.1 Å². The predicted octanol–water partition coefficient (Wildman–Crippen LogP) is 4.27. The summed E-state index contributed by atoms with van der Waals surface area (Å²) in [5.74, 6) is 0.431. The number of hydrogen-bond donors (Lipinski definition) is 2. The van der Waals surface area contributed by atoms with Gasteiger partial charge in [-0.3, -0.25) is 9.59 Å². The lowest BCUT2D eigenvalue weighted by molar-refractivity contribution is -0.115. The molecule has 3 rings (SSSR count). The number of nitrogens with zero attached hydrogens (tertiary/aromatic N) is 1. The summed E-state index contributed by atoms with van der Waals surface area (Å²) in [5, 5.41) is 7.92. The van der Waals surface area contributed by atoms with E-state index in [1.807, 2.05) is 35.7 Å². The van der Waals surface area contributed by atoms with Crippen molar-refractivity contribution in [3.63, 3.8) is 0 Å². The second kappa shape index (κ2) is 7.72. The molecule has 5 nitrogen and oxygen atoms in total. The second-order valence-corrected chi connectivity index (χ2v) is 6.53. The van der Waals surface area contributed by atoms with Gasteiger partial charge in [-0.2, -0.15) is 0 Å². The Bertz CT molecular complexity index is 874. The van der Waals surface area contributed by atoms with Crippen LogP contribution < -0.4 is 10.6 Å². The van der Waals surface area contributed by atoms with Crippen molar-refractivity contribution in [1.82, 2.24) is 4.98 Å². The summed E-state index contributed by atoms with van der Waals surface area (Å²) in [7, 11) is 0. The Balaban J connectivity index is 1.61. The van der Waals surface area contributed by atoms with E-state index in [1.54, 1.807) is 35.7 Å². The molecule has 2 N–H and O–H groups in total. The number of aromatic nitrogens is 1. The van der Waals surface area contributed by atoms with E-state index in [0.717, 1.165) is 16.3 Å².